The first-order valence-electron chi connectivity index (χ1n) is 21.8. The average Bonchev–Trinajstić information content (AvgIpc) is 3.19. The molecule has 3 unspecified atom stereocenters. The van der Waals surface area contributed by atoms with Crippen LogP contribution in [0.3, 0.4) is 0 Å². The molecule has 0 aliphatic rings. The predicted molar refractivity (Wildman–Crippen MR) is 240 cm³/mol. The van der Waals surface area contributed by atoms with Crippen molar-refractivity contribution >= 4 is 11.9 Å². The van der Waals surface area contributed by atoms with E-state index < -0.39 is 18.2 Å². The second kappa shape index (κ2) is 42.4. The number of ether oxygens (including phenoxy) is 1. The van der Waals surface area contributed by atoms with E-state index in [0.29, 0.717) is 19.3 Å². The van der Waals surface area contributed by atoms with Gasteiger partial charge in [-0.25, -0.2) is 0 Å². The minimum Gasteiger partial charge on any atom is -0.461 e. The molecule has 0 radical (unpaired) electrons. The Hall–Kier alpha value is -3.74. The van der Waals surface area contributed by atoms with Gasteiger partial charge in [0.2, 0.25) is 5.91 Å². The highest BCUT2D eigenvalue weighted by Gasteiger charge is 2.23. The van der Waals surface area contributed by atoms with Gasteiger partial charge in [-0.15, -0.1) is 0 Å². The van der Waals surface area contributed by atoms with Gasteiger partial charge in [-0.05, 0) is 57.8 Å². The molecule has 6 nitrogen and oxygen atoms in total. The van der Waals surface area contributed by atoms with Gasteiger partial charge in [0.1, 0.15) is 6.10 Å². The second-order valence-corrected chi connectivity index (χ2v) is 14.1. The zero-order valence-corrected chi connectivity index (χ0v) is 35.5. The topological polar surface area (TPSA) is 95.9 Å². The van der Waals surface area contributed by atoms with E-state index >= 15 is 0 Å². The van der Waals surface area contributed by atoms with E-state index in [-0.39, 0.29) is 31.3 Å². The lowest BCUT2D eigenvalue weighted by atomic mass is 10.0. The van der Waals surface area contributed by atoms with Crippen LogP contribution in [-0.4, -0.2) is 46.9 Å². The van der Waals surface area contributed by atoms with Crippen molar-refractivity contribution in [1.29, 1.82) is 0 Å². The number of rotatable bonds is 36. The maximum Gasteiger partial charge on any atom is 0.306 e. The first kappa shape index (κ1) is 52.3. The number of carbonyl (C=O) groups excluding carboxylic acids is 2. The molecular formula is C50H79NO5. The van der Waals surface area contributed by atoms with Gasteiger partial charge in [0, 0.05) is 12.8 Å². The summed E-state index contributed by atoms with van der Waals surface area (Å²) in [6.45, 7) is 6.11. The summed E-state index contributed by atoms with van der Waals surface area (Å²) in [5, 5.41) is 23.5. The van der Waals surface area contributed by atoms with Crippen LogP contribution in [0.4, 0.5) is 0 Å². The first-order valence-corrected chi connectivity index (χ1v) is 21.8. The number of amides is 1. The highest BCUT2D eigenvalue weighted by atomic mass is 16.5. The van der Waals surface area contributed by atoms with Gasteiger partial charge in [-0.3, -0.25) is 9.59 Å². The normalized spacial score (nSPS) is 14.6. The minimum atomic E-state index is -0.832. The number of aliphatic hydroxyl groups excluding tert-OH is 2. The Bertz CT molecular complexity index is 1230. The molecule has 0 saturated carbocycles. The van der Waals surface area contributed by atoms with Crippen LogP contribution in [-0.2, 0) is 14.3 Å². The number of nitrogens with one attached hydrogen (secondary N) is 1. The molecule has 0 aromatic rings. The summed E-state index contributed by atoms with van der Waals surface area (Å²) in [5.41, 5.74) is 0. The largest absolute Gasteiger partial charge is 0.461 e. The standard InChI is InChI=1S/C50H79NO5/c1-4-7-10-13-16-19-21-22-23-24-25-26-28-31-34-37-40-43-50(55)56-46(41-38-35-32-30-27-20-17-14-11-8-5-2)44-49(54)51-47(45-52)48(53)42-39-36-33-29-18-15-12-9-6-3/h7-8,10-11,14,16-17,19-20,22-23,25-27,30-32,34-35,38,46-48,52-53H,4-6,9,12-13,15,18,21,24,28-29,33,36-37,39-45H2,1-3H3,(H,51,54)/b10-7-,11-8+,17-14+,19-16-,23-22-,26-25-,27-20-,32-30-,34-31-,38-35+. The SMILES string of the molecule is CC/C=C\C/C=C\C/C=C\C/C=C\C/C=C\CCCC(=O)OC(C/C=C/C=C\C=C/C=C/C=C/CC)CC(=O)NC(CO)C(O)CCCCCCCCCCC. The minimum absolute atomic E-state index is 0.0498. The lowest BCUT2D eigenvalue weighted by Crippen LogP contribution is -2.46. The van der Waals surface area contributed by atoms with Gasteiger partial charge in [0.25, 0.3) is 0 Å². The van der Waals surface area contributed by atoms with Crippen molar-refractivity contribution in [1.82, 2.24) is 5.32 Å². The van der Waals surface area contributed by atoms with Crippen LogP contribution in [0.2, 0.25) is 0 Å². The maximum atomic E-state index is 13.1. The quantitative estimate of drug-likeness (QED) is 0.0255. The van der Waals surface area contributed by atoms with Gasteiger partial charge in [-0.2, -0.15) is 0 Å². The molecule has 3 N–H and O–H groups in total. The highest BCUT2D eigenvalue weighted by molar-refractivity contribution is 5.77. The van der Waals surface area contributed by atoms with Crippen LogP contribution in [0, 0.1) is 0 Å². The summed E-state index contributed by atoms with van der Waals surface area (Å²) in [6, 6.07) is -0.756. The van der Waals surface area contributed by atoms with E-state index in [1.54, 1.807) is 0 Å². The van der Waals surface area contributed by atoms with Crippen molar-refractivity contribution in [3.8, 4) is 0 Å². The fourth-order valence-electron chi connectivity index (χ4n) is 5.66. The lowest BCUT2D eigenvalue weighted by Gasteiger charge is -2.24. The zero-order valence-electron chi connectivity index (χ0n) is 35.5. The third-order valence-electron chi connectivity index (χ3n) is 8.92. The van der Waals surface area contributed by atoms with Crippen molar-refractivity contribution in [2.24, 2.45) is 0 Å². The number of esters is 1. The number of unbranched alkanes of at least 4 members (excludes halogenated alkanes) is 9. The van der Waals surface area contributed by atoms with Crippen molar-refractivity contribution in [3.63, 3.8) is 0 Å². The molecule has 0 aromatic carbocycles. The molecule has 0 saturated heterocycles. The molecular weight excluding hydrogens is 695 g/mol. The van der Waals surface area contributed by atoms with E-state index in [2.05, 4.69) is 92.9 Å². The fraction of sp³-hybridized carbons (Fsp3) is 0.560. The van der Waals surface area contributed by atoms with Crippen molar-refractivity contribution < 1.29 is 24.5 Å². The summed E-state index contributed by atoms with van der Waals surface area (Å²) in [7, 11) is 0. The van der Waals surface area contributed by atoms with E-state index in [0.717, 1.165) is 64.2 Å². The van der Waals surface area contributed by atoms with Gasteiger partial charge in [0.05, 0.1) is 25.2 Å². The molecule has 0 heterocycles. The van der Waals surface area contributed by atoms with Crippen LogP contribution >= 0.6 is 0 Å². The van der Waals surface area contributed by atoms with Gasteiger partial charge < -0.3 is 20.3 Å². The molecule has 0 spiro atoms. The molecule has 0 aliphatic heterocycles. The lowest BCUT2D eigenvalue weighted by molar-refractivity contribution is -0.150. The van der Waals surface area contributed by atoms with E-state index in [1.165, 1.54) is 38.5 Å². The summed E-state index contributed by atoms with van der Waals surface area (Å²) in [5.74, 6) is -0.697. The van der Waals surface area contributed by atoms with Crippen LogP contribution < -0.4 is 5.32 Å². The number of hydrogen-bond donors (Lipinski definition) is 3. The van der Waals surface area contributed by atoms with Gasteiger partial charge in [0.15, 0.2) is 0 Å². The maximum absolute atomic E-state index is 13.1. The zero-order chi connectivity index (χ0) is 41.0. The van der Waals surface area contributed by atoms with E-state index in [9.17, 15) is 19.8 Å². The molecule has 1 amide bonds. The van der Waals surface area contributed by atoms with Crippen LogP contribution in [0.5, 0.6) is 0 Å². The molecule has 0 fully saturated rings. The van der Waals surface area contributed by atoms with Gasteiger partial charge >= 0.3 is 5.97 Å². The first-order chi connectivity index (χ1) is 27.5. The Morgan fingerprint density at radius 3 is 1.59 bits per heavy atom. The Morgan fingerprint density at radius 1 is 0.571 bits per heavy atom. The Balaban J connectivity index is 4.86. The molecule has 3 atom stereocenters. The highest BCUT2D eigenvalue weighted by Crippen LogP contribution is 2.14. The van der Waals surface area contributed by atoms with Crippen LogP contribution in [0.15, 0.2) is 122 Å². The molecule has 0 rings (SSSR count). The monoisotopic (exact) mass is 774 g/mol. The molecule has 314 valence electrons. The van der Waals surface area contributed by atoms with Crippen molar-refractivity contribution in [3.05, 3.63) is 122 Å². The van der Waals surface area contributed by atoms with Gasteiger partial charge in [-0.1, -0.05) is 200 Å². The summed E-state index contributed by atoms with van der Waals surface area (Å²) in [6.07, 6.45) is 58.6. The fourth-order valence-corrected chi connectivity index (χ4v) is 5.66. The molecule has 6 heteroatoms. The molecule has 56 heavy (non-hydrogen) atoms. The third-order valence-corrected chi connectivity index (χ3v) is 8.92. The predicted octanol–water partition coefficient (Wildman–Crippen LogP) is 12.5. The number of carbonyl (C=O) groups is 2. The van der Waals surface area contributed by atoms with Crippen molar-refractivity contribution in [2.45, 2.75) is 174 Å². The smallest absolute Gasteiger partial charge is 0.306 e. The average molecular weight is 774 g/mol. The Morgan fingerprint density at radius 2 is 1.05 bits per heavy atom. The third kappa shape index (κ3) is 37.2. The number of hydrogen-bond acceptors (Lipinski definition) is 5. The number of aliphatic hydroxyl groups is 2. The Labute approximate surface area is 342 Å². The van der Waals surface area contributed by atoms with E-state index in [1.807, 2.05) is 54.7 Å². The van der Waals surface area contributed by atoms with Crippen LogP contribution in [0.25, 0.3) is 0 Å². The number of allylic oxidation sites excluding steroid dienone is 19. The van der Waals surface area contributed by atoms with E-state index in [4.69, 9.17) is 4.74 Å². The molecule has 0 aromatic heterocycles. The second-order valence-electron chi connectivity index (χ2n) is 14.1. The summed E-state index contributed by atoms with van der Waals surface area (Å²) < 4.78 is 5.77. The van der Waals surface area contributed by atoms with Crippen LogP contribution in [0.1, 0.15) is 156 Å². The summed E-state index contributed by atoms with van der Waals surface area (Å²) in [4.78, 5) is 25.9. The molecule has 0 bridgehead atoms. The Kier molecular flexibility index (Phi) is 39.6. The van der Waals surface area contributed by atoms with Crippen molar-refractivity contribution in [2.75, 3.05) is 6.61 Å². The molecule has 0 aliphatic carbocycles. The summed E-state index contributed by atoms with van der Waals surface area (Å²) >= 11 is 0.